The zero-order chi connectivity index (χ0) is 27.6. The van der Waals surface area contributed by atoms with Crippen LogP contribution in [0.3, 0.4) is 0 Å². The zero-order valence-electron chi connectivity index (χ0n) is 22.4. The Morgan fingerprint density at radius 3 is 2.50 bits per heavy atom. The predicted molar refractivity (Wildman–Crippen MR) is 140 cm³/mol. The summed E-state index contributed by atoms with van der Waals surface area (Å²) in [7, 11) is 2.05. The SMILES string of the molecule is C[C@@H](NC(=O)c1cn([C@H]2CCOC(C)(C)C2)c(=O)cc1NC1CCN(C)CC1)c1cccc(C(F)F)c1F. The second kappa shape index (κ2) is 11.5. The molecule has 4 rings (SSSR count). The molecule has 0 bridgehead atoms. The van der Waals surface area contributed by atoms with Crippen molar-refractivity contribution in [1.82, 2.24) is 14.8 Å². The molecule has 2 atom stereocenters. The Bertz CT molecular complexity index is 1210. The number of amides is 1. The van der Waals surface area contributed by atoms with E-state index in [1.165, 1.54) is 18.2 Å². The molecule has 208 valence electrons. The molecule has 2 aliphatic rings. The van der Waals surface area contributed by atoms with Crippen molar-refractivity contribution >= 4 is 11.6 Å². The number of carbonyl (C=O) groups excluding carboxylic acids is 1. The van der Waals surface area contributed by atoms with Crippen LogP contribution in [0.1, 0.15) is 86.4 Å². The third-order valence-corrected chi connectivity index (χ3v) is 7.58. The molecule has 2 saturated heterocycles. The van der Waals surface area contributed by atoms with Crippen LogP contribution in [0.4, 0.5) is 18.9 Å². The van der Waals surface area contributed by atoms with Crippen LogP contribution in [0.2, 0.25) is 0 Å². The molecule has 10 heteroatoms. The highest BCUT2D eigenvalue weighted by Crippen LogP contribution is 2.32. The summed E-state index contributed by atoms with van der Waals surface area (Å²) >= 11 is 0. The topological polar surface area (TPSA) is 75.6 Å². The fourth-order valence-corrected chi connectivity index (χ4v) is 5.37. The van der Waals surface area contributed by atoms with Gasteiger partial charge in [0.15, 0.2) is 0 Å². The molecule has 0 spiro atoms. The molecule has 1 aromatic heterocycles. The summed E-state index contributed by atoms with van der Waals surface area (Å²) in [4.78, 5) is 29.0. The molecule has 2 N–H and O–H groups in total. The molecule has 0 aliphatic carbocycles. The van der Waals surface area contributed by atoms with Gasteiger partial charge < -0.3 is 24.8 Å². The van der Waals surface area contributed by atoms with Gasteiger partial charge in [0.1, 0.15) is 5.82 Å². The minimum atomic E-state index is -2.96. The van der Waals surface area contributed by atoms with Crippen LogP contribution in [0.15, 0.2) is 35.3 Å². The first-order valence-electron chi connectivity index (χ1n) is 13.2. The molecular weight excluding hydrogens is 497 g/mol. The normalized spacial score (nSPS) is 21.3. The molecule has 0 unspecified atom stereocenters. The van der Waals surface area contributed by atoms with E-state index in [9.17, 15) is 22.8 Å². The Morgan fingerprint density at radius 1 is 1.16 bits per heavy atom. The third-order valence-electron chi connectivity index (χ3n) is 7.58. The van der Waals surface area contributed by atoms with Crippen molar-refractivity contribution in [2.24, 2.45) is 0 Å². The van der Waals surface area contributed by atoms with E-state index in [1.54, 1.807) is 17.7 Å². The molecule has 2 aromatic rings. The van der Waals surface area contributed by atoms with Gasteiger partial charge >= 0.3 is 0 Å². The Morgan fingerprint density at radius 2 is 1.84 bits per heavy atom. The Balaban J connectivity index is 1.66. The minimum Gasteiger partial charge on any atom is -0.381 e. The maximum atomic E-state index is 14.8. The van der Waals surface area contributed by atoms with Crippen LogP contribution in [0.25, 0.3) is 0 Å². The van der Waals surface area contributed by atoms with Gasteiger partial charge in [0.05, 0.1) is 28.5 Å². The van der Waals surface area contributed by atoms with Crippen molar-refractivity contribution in [2.75, 3.05) is 32.1 Å². The van der Waals surface area contributed by atoms with Crippen LogP contribution in [-0.4, -0.2) is 53.8 Å². The quantitative estimate of drug-likeness (QED) is 0.520. The largest absolute Gasteiger partial charge is 0.381 e. The molecule has 2 fully saturated rings. The van der Waals surface area contributed by atoms with Crippen molar-refractivity contribution in [2.45, 2.75) is 76.6 Å². The van der Waals surface area contributed by atoms with E-state index in [1.807, 2.05) is 13.8 Å². The van der Waals surface area contributed by atoms with Crippen LogP contribution in [0.5, 0.6) is 0 Å². The van der Waals surface area contributed by atoms with Crippen LogP contribution in [-0.2, 0) is 4.74 Å². The fourth-order valence-electron chi connectivity index (χ4n) is 5.37. The van der Waals surface area contributed by atoms with Gasteiger partial charge in [-0.15, -0.1) is 0 Å². The lowest BCUT2D eigenvalue weighted by atomic mass is 9.93. The van der Waals surface area contributed by atoms with Gasteiger partial charge in [-0.2, -0.15) is 0 Å². The Hall–Kier alpha value is -2.85. The van der Waals surface area contributed by atoms with E-state index in [0.717, 1.165) is 32.0 Å². The molecule has 38 heavy (non-hydrogen) atoms. The molecule has 3 heterocycles. The second-order valence-electron chi connectivity index (χ2n) is 11.1. The number of hydrogen-bond donors (Lipinski definition) is 2. The first-order valence-corrected chi connectivity index (χ1v) is 13.2. The number of hydrogen-bond acceptors (Lipinski definition) is 5. The van der Waals surface area contributed by atoms with Crippen molar-refractivity contribution in [3.05, 3.63) is 63.3 Å². The van der Waals surface area contributed by atoms with E-state index in [2.05, 4.69) is 22.6 Å². The van der Waals surface area contributed by atoms with Crippen molar-refractivity contribution in [3.8, 4) is 0 Å². The first-order chi connectivity index (χ1) is 17.9. The summed E-state index contributed by atoms with van der Waals surface area (Å²) < 4.78 is 48.6. The lowest BCUT2D eigenvalue weighted by molar-refractivity contribution is -0.0695. The van der Waals surface area contributed by atoms with Crippen LogP contribution >= 0.6 is 0 Å². The maximum Gasteiger partial charge on any atom is 0.266 e. The van der Waals surface area contributed by atoms with Gasteiger partial charge in [0.2, 0.25) is 0 Å². The predicted octanol–water partition coefficient (Wildman–Crippen LogP) is 5.05. The van der Waals surface area contributed by atoms with Gasteiger partial charge in [0.25, 0.3) is 17.9 Å². The summed E-state index contributed by atoms with van der Waals surface area (Å²) in [6.45, 7) is 7.77. The molecule has 1 aromatic carbocycles. The standard InChI is InChI=1S/C28H37F3N4O3/c1-17(20-6-5-7-21(25(20)29)26(30)31)32-27(37)22-16-35(19-10-13-38-28(2,3)15-19)24(36)14-23(22)33-18-8-11-34(4)12-9-18/h5-7,14,16-19,26,33H,8-13,15H2,1-4H3,(H,32,37)/t17-,19+/m1/s1. The van der Waals surface area contributed by atoms with Gasteiger partial charge in [-0.3, -0.25) is 9.59 Å². The van der Waals surface area contributed by atoms with Gasteiger partial charge in [-0.05, 0) is 66.6 Å². The minimum absolute atomic E-state index is 0.0273. The number of benzene rings is 1. The number of likely N-dealkylation sites (tertiary alicyclic amines) is 1. The maximum absolute atomic E-state index is 14.8. The van der Waals surface area contributed by atoms with Crippen LogP contribution < -0.4 is 16.2 Å². The first kappa shape index (κ1) is 28.2. The van der Waals surface area contributed by atoms with Gasteiger partial charge in [-0.1, -0.05) is 18.2 Å². The summed E-state index contributed by atoms with van der Waals surface area (Å²) in [6.07, 6.45) is 1.56. The summed E-state index contributed by atoms with van der Waals surface area (Å²) in [5, 5.41) is 6.15. The van der Waals surface area contributed by atoms with Crippen molar-refractivity contribution in [1.29, 1.82) is 0 Å². The highest BCUT2D eigenvalue weighted by Gasteiger charge is 2.31. The van der Waals surface area contributed by atoms with Gasteiger partial charge in [-0.25, -0.2) is 13.2 Å². The number of nitrogens with one attached hydrogen (secondary N) is 2. The molecular formula is C28H37F3N4O3. The summed E-state index contributed by atoms with van der Waals surface area (Å²) in [6, 6.07) is 4.29. The fraction of sp³-hybridized carbons (Fsp3) is 0.571. The smallest absolute Gasteiger partial charge is 0.266 e. The number of aromatic nitrogens is 1. The Labute approximate surface area is 221 Å². The third kappa shape index (κ3) is 6.40. The van der Waals surface area contributed by atoms with E-state index in [-0.39, 0.29) is 28.8 Å². The number of piperidine rings is 1. The van der Waals surface area contributed by atoms with E-state index in [0.29, 0.717) is 25.1 Å². The lowest BCUT2D eigenvalue weighted by Gasteiger charge is -2.36. The number of halogens is 3. The number of rotatable bonds is 7. The molecule has 2 aliphatic heterocycles. The molecule has 0 saturated carbocycles. The monoisotopic (exact) mass is 534 g/mol. The molecule has 7 nitrogen and oxygen atoms in total. The van der Waals surface area contributed by atoms with E-state index >= 15 is 0 Å². The number of carbonyl (C=O) groups is 1. The second-order valence-corrected chi connectivity index (χ2v) is 11.1. The average molecular weight is 535 g/mol. The number of alkyl halides is 2. The average Bonchev–Trinajstić information content (AvgIpc) is 2.84. The molecule has 0 radical (unpaired) electrons. The number of pyridine rings is 1. The van der Waals surface area contributed by atoms with E-state index in [4.69, 9.17) is 4.74 Å². The Kier molecular flexibility index (Phi) is 8.52. The van der Waals surface area contributed by atoms with Crippen molar-refractivity contribution < 1.29 is 22.7 Å². The highest BCUT2D eigenvalue weighted by molar-refractivity contribution is 5.99. The number of ether oxygens (including phenoxy) is 1. The van der Waals surface area contributed by atoms with Gasteiger partial charge in [0, 0.05) is 36.5 Å². The molecule has 1 amide bonds. The lowest BCUT2D eigenvalue weighted by Crippen LogP contribution is -2.40. The summed E-state index contributed by atoms with van der Waals surface area (Å²) in [5.41, 5.74) is -0.686. The number of nitrogens with zero attached hydrogens (tertiary/aromatic N) is 2. The zero-order valence-corrected chi connectivity index (χ0v) is 22.4. The highest BCUT2D eigenvalue weighted by atomic mass is 19.3. The summed E-state index contributed by atoms with van der Waals surface area (Å²) in [5.74, 6) is -1.55. The van der Waals surface area contributed by atoms with Crippen LogP contribution in [0, 0.1) is 5.82 Å². The van der Waals surface area contributed by atoms with Crippen molar-refractivity contribution in [3.63, 3.8) is 0 Å². The van der Waals surface area contributed by atoms with E-state index < -0.39 is 35.4 Å². The number of anilines is 1.